The van der Waals surface area contributed by atoms with Crippen LogP contribution in [0.4, 0.5) is 17.1 Å². The Labute approximate surface area is 201 Å². The number of hydrogen-bond acceptors (Lipinski definition) is 9. The summed E-state index contributed by atoms with van der Waals surface area (Å²) < 4.78 is 10.6. The number of nitrogen functional groups attached to an aromatic ring is 1. The molecule has 0 aliphatic carbocycles. The van der Waals surface area contributed by atoms with Crippen molar-refractivity contribution in [2.24, 2.45) is 4.99 Å². The molecule has 0 spiro atoms. The van der Waals surface area contributed by atoms with E-state index in [0.29, 0.717) is 47.4 Å². The summed E-state index contributed by atoms with van der Waals surface area (Å²) in [6.45, 7) is 7.03. The number of aromatic amines is 2. The first-order valence-corrected chi connectivity index (χ1v) is 11.4. The van der Waals surface area contributed by atoms with E-state index in [0.717, 1.165) is 35.4 Å². The zero-order valence-corrected chi connectivity index (χ0v) is 19.9. The van der Waals surface area contributed by atoms with Gasteiger partial charge < -0.3 is 35.1 Å². The van der Waals surface area contributed by atoms with Crippen LogP contribution < -0.4 is 21.5 Å². The van der Waals surface area contributed by atoms with Gasteiger partial charge in [-0.2, -0.15) is 0 Å². The highest BCUT2D eigenvalue weighted by Gasteiger charge is 2.23. The molecule has 4 aromatic rings. The lowest BCUT2D eigenvalue weighted by Gasteiger charge is -2.30. The maximum absolute atomic E-state index is 13.3. The van der Waals surface area contributed by atoms with Crippen LogP contribution >= 0.6 is 0 Å². The maximum atomic E-state index is 13.3. The number of fused-ring (bicyclic) bond motifs is 1. The third-order valence-electron chi connectivity index (χ3n) is 6.19. The van der Waals surface area contributed by atoms with Crippen molar-refractivity contribution in [2.75, 3.05) is 49.3 Å². The third-order valence-corrected chi connectivity index (χ3v) is 6.19. The van der Waals surface area contributed by atoms with Crippen molar-refractivity contribution in [1.29, 1.82) is 0 Å². The van der Waals surface area contributed by atoms with Gasteiger partial charge in [0.05, 0.1) is 47.4 Å². The number of nitrogens with two attached hydrogens (primary N) is 1. The Morgan fingerprint density at radius 2 is 2.09 bits per heavy atom. The number of morpholine rings is 1. The second-order valence-corrected chi connectivity index (χ2v) is 8.54. The van der Waals surface area contributed by atoms with Gasteiger partial charge in [-0.15, -0.1) is 0 Å². The van der Waals surface area contributed by atoms with Crippen LogP contribution in [0.1, 0.15) is 29.9 Å². The van der Waals surface area contributed by atoms with Crippen molar-refractivity contribution in [1.82, 2.24) is 19.9 Å². The van der Waals surface area contributed by atoms with E-state index in [-0.39, 0.29) is 11.6 Å². The quantitative estimate of drug-likeness (QED) is 0.310. The summed E-state index contributed by atoms with van der Waals surface area (Å²) in [4.78, 5) is 34.7. The normalized spacial score (nSPS) is 15.2. The van der Waals surface area contributed by atoms with Gasteiger partial charge in [0.25, 0.3) is 5.56 Å². The Hall–Kier alpha value is -4.12. The smallest absolute Gasteiger partial charge is 0.261 e. The molecule has 0 saturated carbocycles. The van der Waals surface area contributed by atoms with Crippen LogP contribution in [0, 0.1) is 6.92 Å². The van der Waals surface area contributed by atoms with Gasteiger partial charge in [-0.1, -0.05) is 0 Å². The Bertz CT molecular complexity index is 1430. The van der Waals surface area contributed by atoms with Gasteiger partial charge >= 0.3 is 0 Å². The molecule has 5 rings (SSSR count). The van der Waals surface area contributed by atoms with Crippen molar-refractivity contribution in [3.63, 3.8) is 0 Å². The minimum atomic E-state index is -0.340. The molecule has 4 heterocycles. The van der Waals surface area contributed by atoms with E-state index in [9.17, 15) is 4.79 Å². The number of aromatic nitrogens is 4. The topological polar surface area (TPSA) is 150 Å². The number of rotatable bonds is 6. The summed E-state index contributed by atoms with van der Waals surface area (Å²) in [6.07, 6.45) is 4.42. The molecule has 1 fully saturated rings. The maximum Gasteiger partial charge on any atom is 0.261 e. The van der Waals surface area contributed by atoms with Crippen LogP contribution in [0.2, 0.25) is 0 Å². The summed E-state index contributed by atoms with van der Waals surface area (Å²) in [6, 6.07) is 3.83. The molecule has 1 unspecified atom stereocenters. The molecule has 1 saturated heterocycles. The lowest BCUT2D eigenvalue weighted by molar-refractivity contribution is 0.122. The van der Waals surface area contributed by atoms with Crippen LogP contribution in [-0.4, -0.2) is 59.5 Å². The van der Waals surface area contributed by atoms with Crippen LogP contribution in [-0.2, 0) is 4.74 Å². The SMILES string of the molecule is CN=Cc1[nH]c(=O)c(-c2nc3cc(N4CCOCC4)c(C)cc3[nH]2)c(NC(C)c2cocn2)c1N. The number of anilines is 3. The number of ether oxygens (including phenoxy) is 1. The van der Waals surface area contributed by atoms with Crippen molar-refractivity contribution in [3.8, 4) is 11.4 Å². The standard InChI is InChI=1S/C24H28N8O3/c1-13-8-15-16(9-19(13)32-4-6-34-7-5-32)30-23(29-15)20-22(28-14(2)18-11-35-12-27-18)21(25)17(10-26-3)31-24(20)33/h8-12,14H,4-7,25H2,1-3H3,(H,29,30)(H2,28,31,33). The molecule has 1 atom stereocenters. The minimum Gasteiger partial charge on any atom is -0.451 e. The number of nitrogens with one attached hydrogen (secondary N) is 3. The molecule has 0 radical (unpaired) electrons. The summed E-state index contributed by atoms with van der Waals surface area (Å²) in [5, 5.41) is 3.33. The molecule has 0 amide bonds. The molecule has 3 aromatic heterocycles. The van der Waals surface area contributed by atoms with Crippen LogP contribution in [0.15, 0.2) is 39.0 Å². The fourth-order valence-corrected chi connectivity index (χ4v) is 4.39. The molecule has 0 bridgehead atoms. The Kier molecular flexibility index (Phi) is 6.00. The third kappa shape index (κ3) is 4.26. The van der Waals surface area contributed by atoms with E-state index < -0.39 is 0 Å². The number of nitrogens with zero attached hydrogens (tertiary/aromatic N) is 4. The number of pyridine rings is 1. The molecule has 35 heavy (non-hydrogen) atoms. The summed E-state index contributed by atoms with van der Waals surface area (Å²) in [7, 11) is 1.62. The largest absolute Gasteiger partial charge is 0.451 e. The lowest BCUT2D eigenvalue weighted by Crippen LogP contribution is -2.36. The molecule has 182 valence electrons. The van der Waals surface area contributed by atoms with Crippen LogP contribution in [0.25, 0.3) is 22.4 Å². The number of imidazole rings is 1. The number of benzene rings is 1. The molecule has 11 heteroatoms. The Morgan fingerprint density at radius 1 is 1.29 bits per heavy atom. The zero-order valence-electron chi connectivity index (χ0n) is 19.9. The van der Waals surface area contributed by atoms with Crippen molar-refractivity contribution >= 4 is 34.3 Å². The fourth-order valence-electron chi connectivity index (χ4n) is 4.39. The van der Waals surface area contributed by atoms with E-state index in [2.05, 4.69) is 49.2 Å². The molecule has 5 N–H and O–H groups in total. The average Bonchev–Trinajstić information content (AvgIpc) is 3.52. The number of hydrogen-bond donors (Lipinski definition) is 4. The van der Waals surface area contributed by atoms with E-state index in [1.165, 1.54) is 12.6 Å². The van der Waals surface area contributed by atoms with Crippen molar-refractivity contribution in [2.45, 2.75) is 19.9 Å². The Morgan fingerprint density at radius 3 is 2.80 bits per heavy atom. The highest BCUT2D eigenvalue weighted by molar-refractivity contribution is 5.95. The number of aliphatic imine (C=N–C) groups is 1. The van der Waals surface area contributed by atoms with Crippen LogP contribution in [0.5, 0.6) is 0 Å². The molecule has 1 aliphatic heterocycles. The van der Waals surface area contributed by atoms with Gasteiger partial charge in [0.2, 0.25) is 0 Å². The van der Waals surface area contributed by atoms with E-state index >= 15 is 0 Å². The second kappa shape index (κ2) is 9.26. The first kappa shape index (κ1) is 22.7. The predicted molar refractivity (Wildman–Crippen MR) is 136 cm³/mol. The van der Waals surface area contributed by atoms with Gasteiger partial charge in [0, 0.05) is 32.0 Å². The Balaban J connectivity index is 1.63. The predicted octanol–water partition coefficient (Wildman–Crippen LogP) is 2.86. The summed E-state index contributed by atoms with van der Waals surface area (Å²) in [5.74, 6) is 0.418. The first-order chi connectivity index (χ1) is 17.0. The highest BCUT2D eigenvalue weighted by Crippen LogP contribution is 2.34. The van der Waals surface area contributed by atoms with Gasteiger partial charge in [0.15, 0.2) is 6.39 Å². The number of oxazole rings is 1. The van der Waals surface area contributed by atoms with Crippen LogP contribution in [0.3, 0.4) is 0 Å². The second-order valence-electron chi connectivity index (χ2n) is 8.54. The summed E-state index contributed by atoms with van der Waals surface area (Å²) in [5.41, 5.74) is 12.2. The summed E-state index contributed by atoms with van der Waals surface area (Å²) >= 11 is 0. The zero-order chi connectivity index (χ0) is 24.5. The van der Waals surface area contributed by atoms with E-state index in [1.807, 2.05) is 6.92 Å². The van der Waals surface area contributed by atoms with Crippen molar-refractivity contribution in [3.05, 3.63) is 52.1 Å². The van der Waals surface area contributed by atoms with Gasteiger partial charge in [-0.25, -0.2) is 9.97 Å². The molecule has 11 nitrogen and oxygen atoms in total. The lowest BCUT2D eigenvalue weighted by atomic mass is 10.1. The van der Waals surface area contributed by atoms with E-state index in [4.69, 9.17) is 19.9 Å². The molecule has 1 aliphatic rings. The van der Waals surface area contributed by atoms with E-state index in [1.54, 1.807) is 13.3 Å². The number of H-pyrrole nitrogens is 2. The fraction of sp³-hybridized carbons (Fsp3) is 0.333. The average molecular weight is 477 g/mol. The monoisotopic (exact) mass is 476 g/mol. The molecular weight excluding hydrogens is 448 g/mol. The van der Waals surface area contributed by atoms with Gasteiger partial charge in [0.1, 0.15) is 23.3 Å². The highest BCUT2D eigenvalue weighted by atomic mass is 16.5. The van der Waals surface area contributed by atoms with Crippen molar-refractivity contribution < 1.29 is 9.15 Å². The number of aryl methyl sites for hydroxylation is 1. The molecule has 1 aromatic carbocycles. The minimum absolute atomic E-state index is 0.275. The van der Waals surface area contributed by atoms with Gasteiger partial charge in [-0.05, 0) is 31.5 Å². The first-order valence-electron chi connectivity index (χ1n) is 11.4. The van der Waals surface area contributed by atoms with Gasteiger partial charge in [-0.3, -0.25) is 9.79 Å². The molecular formula is C24H28N8O3.